The molecule has 2 aliphatic heterocycles. The summed E-state index contributed by atoms with van der Waals surface area (Å²) in [6.07, 6.45) is 1.57. The highest BCUT2D eigenvalue weighted by molar-refractivity contribution is 9.10. The Bertz CT molecular complexity index is 923. The van der Waals surface area contributed by atoms with Gasteiger partial charge in [0.2, 0.25) is 12.7 Å². The minimum absolute atomic E-state index is 0.151. The molecule has 0 atom stereocenters. The van der Waals surface area contributed by atoms with Crippen molar-refractivity contribution in [2.24, 2.45) is 4.99 Å². The Hall–Kier alpha value is -2.31. The van der Waals surface area contributed by atoms with Gasteiger partial charge in [-0.2, -0.15) is 0 Å². The van der Waals surface area contributed by atoms with Crippen LogP contribution < -0.4 is 9.47 Å². The number of benzene rings is 2. The van der Waals surface area contributed by atoms with Crippen molar-refractivity contribution in [3.63, 3.8) is 0 Å². The Labute approximate surface area is 150 Å². The van der Waals surface area contributed by atoms with E-state index in [1.807, 2.05) is 24.3 Å². The van der Waals surface area contributed by atoms with Gasteiger partial charge in [0.25, 0.3) is 0 Å². The van der Waals surface area contributed by atoms with E-state index in [0.717, 1.165) is 4.47 Å². The molecule has 2 aromatic rings. The van der Waals surface area contributed by atoms with E-state index in [9.17, 15) is 4.79 Å². The highest BCUT2D eigenvalue weighted by atomic mass is 79.9. The lowest BCUT2D eigenvalue weighted by Crippen LogP contribution is -2.05. The second kappa shape index (κ2) is 5.96. The third kappa shape index (κ3) is 2.68. The van der Waals surface area contributed by atoms with E-state index >= 15 is 0 Å². The third-order valence-corrected chi connectivity index (χ3v) is 4.53. The molecule has 0 aliphatic carbocycles. The van der Waals surface area contributed by atoms with E-state index in [1.165, 1.54) is 0 Å². The van der Waals surface area contributed by atoms with Gasteiger partial charge in [-0.1, -0.05) is 23.7 Å². The fourth-order valence-corrected chi connectivity index (χ4v) is 3.01. The van der Waals surface area contributed by atoms with Gasteiger partial charge in [-0.3, -0.25) is 0 Å². The fraction of sp³-hybridized carbons (Fsp3) is 0.0588. The largest absolute Gasteiger partial charge is 0.454 e. The number of esters is 1. The molecule has 0 bridgehead atoms. The van der Waals surface area contributed by atoms with Crippen LogP contribution in [0, 0.1) is 0 Å². The quantitative estimate of drug-likeness (QED) is 0.555. The van der Waals surface area contributed by atoms with Crippen molar-refractivity contribution in [1.82, 2.24) is 0 Å². The molecule has 4 rings (SSSR count). The summed E-state index contributed by atoms with van der Waals surface area (Å²) in [4.78, 5) is 16.4. The zero-order valence-electron chi connectivity index (χ0n) is 12.1. The van der Waals surface area contributed by atoms with Crippen LogP contribution in [0.25, 0.3) is 6.08 Å². The molecule has 0 saturated carbocycles. The molecule has 0 N–H and O–H groups in total. The average molecular weight is 407 g/mol. The Morgan fingerprint density at radius 2 is 1.92 bits per heavy atom. The molecule has 120 valence electrons. The normalized spacial score (nSPS) is 17.2. The van der Waals surface area contributed by atoms with Crippen molar-refractivity contribution >= 4 is 45.5 Å². The van der Waals surface area contributed by atoms with Gasteiger partial charge in [-0.15, -0.1) is 0 Å². The van der Waals surface area contributed by atoms with Crippen LogP contribution in [0.1, 0.15) is 11.1 Å². The summed E-state index contributed by atoms with van der Waals surface area (Å²) in [6.45, 7) is 0.151. The molecule has 2 aromatic carbocycles. The van der Waals surface area contributed by atoms with E-state index in [-0.39, 0.29) is 18.4 Å². The van der Waals surface area contributed by atoms with Crippen LogP contribution in [0.2, 0.25) is 5.02 Å². The highest BCUT2D eigenvalue weighted by Gasteiger charge is 2.26. The minimum atomic E-state index is -0.533. The molecule has 0 spiro atoms. The van der Waals surface area contributed by atoms with Gasteiger partial charge in [0.15, 0.2) is 17.2 Å². The van der Waals surface area contributed by atoms with Crippen LogP contribution in [-0.4, -0.2) is 18.7 Å². The second-order valence-corrected chi connectivity index (χ2v) is 6.30. The molecule has 2 aliphatic rings. The zero-order chi connectivity index (χ0) is 16.7. The second-order valence-electron chi connectivity index (χ2n) is 5.04. The first kappa shape index (κ1) is 15.2. The Morgan fingerprint density at radius 3 is 2.71 bits per heavy atom. The monoisotopic (exact) mass is 405 g/mol. The predicted molar refractivity (Wildman–Crippen MR) is 92.3 cm³/mol. The molecule has 7 heteroatoms. The molecule has 0 fully saturated rings. The van der Waals surface area contributed by atoms with Gasteiger partial charge >= 0.3 is 5.97 Å². The number of carbonyl (C=O) groups excluding carboxylic acids is 1. The number of hydrogen-bond donors (Lipinski definition) is 0. The fourth-order valence-electron chi connectivity index (χ4n) is 2.35. The average Bonchev–Trinajstić information content (AvgIpc) is 3.15. The standard InChI is InChI=1S/C17H9BrClNO4/c18-11-4-2-1-3-10(11)16-20-13(17(21)24-16)5-9-6-14-15(7-12(9)19)23-8-22-14/h1-7H,8H2. The summed E-state index contributed by atoms with van der Waals surface area (Å²) < 4.78 is 16.6. The molecule has 24 heavy (non-hydrogen) atoms. The molecule has 0 saturated heterocycles. The van der Waals surface area contributed by atoms with Gasteiger partial charge in [-0.05, 0) is 45.8 Å². The van der Waals surface area contributed by atoms with Crippen molar-refractivity contribution in [3.8, 4) is 11.5 Å². The highest BCUT2D eigenvalue weighted by Crippen LogP contribution is 2.38. The van der Waals surface area contributed by atoms with Crippen molar-refractivity contribution in [1.29, 1.82) is 0 Å². The first-order chi connectivity index (χ1) is 11.6. The van der Waals surface area contributed by atoms with E-state index in [1.54, 1.807) is 18.2 Å². The number of rotatable bonds is 2. The number of halogens is 2. The number of hydrogen-bond acceptors (Lipinski definition) is 5. The van der Waals surface area contributed by atoms with Gasteiger partial charge in [0.1, 0.15) is 0 Å². The van der Waals surface area contributed by atoms with E-state index in [2.05, 4.69) is 20.9 Å². The number of carbonyl (C=O) groups is 1. The van der Waals surface area contributed by atoms with E-state index < -0.39 is 5.97 Å². The lowest BCUT2D eigenvalue weighted by Gasteiger charge is -2.01. The van der Waals surface area contributed by atoms with Crippen LogP contribution in [0.3, 0.4) is 0 Å². The smallest absolute Gasteiger partial charge is 0.363 e. The molecule has 0 aromatic heterocycles. The van der Waals surface area contributed by atoms with Crippen LogP contribution in [-0.2, 0) is 9.53 Å². The van der Waals surface area contributed by atoms with Crippen LogP contribution in [0.15, 0.2) is 51.6 Å². The Kier molecular flexibility index (Phi) is 3.78. The lowest BCUT2D eigenvalue weighted by molar-refractivity contribution is -0.129. The third-order valence-electron chi connectivity index (χ3n) is 3.51. The number of aliphatic imine (C=N–C) groups is 1. The number of nitrogens with zero attached hydrogens (tertiary/aromatic N) is 1. The SMILES string of the molecule is O=C1OC(c2ccccc2Br)=NC1=Cc1cc2c(cc1Cl)OCO2. The topological polar surface area (TPSA) is 57.1 Å². The number of fused-ring (bicyclic) bond motifs is 1. The maximum Gasteiger partial charge on any atom is 0.363 e. The first-order valence-corrected chi connectivity index (χ1v) is 8.15. The van der Waals surface area contributed by atoms with Crippen LogP contribution >= 0.6 is 27.5 Å². The van der Waals surface area contributed by atoms with E-state index in [0.29, 0.717) is 27.6 Å². The van der Waals surface area contributed by atoms with Crippen molar-refractivity contribution in [2.45, 2.75) is 0 Å². The van der Waals surface area contributed by atoms with E-state index in [4.69, 9.17) is 25.8 Å². The molecular weight excluding hydrogens is 398 g/mol. The number of ether oxygens (including phenoxy) is 3. The first-order valence-electron chi connectivity index (χ1n) is 6.98. The summed E-state index contributed by atoms with van der Waals surface area (Å²) in [5.41, 5.74) is 1.47. The molecular formula is C17H9BrClNO4. The number of cyclic esters (lactones) is 1. The van der Waals surface area contributed by atoms with Gasteiger partial charge in [0.05, 0.1) is 10.6 Å². The summed E-state index contributed by atoms with van der Waals surface area (Å²) in [5.74, 6) is 0.867. The Balaban J connectivity index is 1.73. The molecule has 0 unspecified atom stereocenters. The van der Waals surface area contributed by atoms with Crippen molar-refractivity contribution in [3.05, 3.63) is 62.7 Å². The summed E-state index contributed by atoms with van der Waals surface area (Å²) in [6, 6.07) is 10.7. The minimum Gasteiger partial charge on any atom is -0.454 e. The van der Waals surface area contributed by atoms with Gasteiger partial charge < -0.3 is 14.2 Å². The van der Waals surface area contributed by atoms with Gasteiger partial charge in [0, 0.05) is 10.5 Å². The Morgan fingerprint density at radius 1 is 1.17 bits per heavy atom. The van der Waals surface area contributed by atoms with Crippen LogP contribution in [0.4, 0.5) is 0 Å². The summed E-state index contributed by atoms with van der Waals surface area (Å²) in [5, 5.41) is 0.434. The molecule has 2 heterocycles. The maximum absolute atomic E-state index is 12.1. The summed E-state index contributed by atoms with van der Waals surface area (Å²) in [7, 11) is 0. The molecule has 0 radical (unpaired) electrons. The molecule has 5 nitrogen and oxygen atoms in total. The maximum atomic E-state index is 12.1. The molecule has 0 amide bonds. The zero-order valence-corrected chi connectivity index (χ0v) is 14.4. The predicted octanol–water partition coefficient (Wildman–Crippen LogP) is 4.18. The van der Waals surface area contributed by atoms with Crippen molar-refractivity contribution < 1.29 is 19.0 Å². The summed E-state index contributed by atoms with van der Waals surface area (Å²) >= 11 is 9.64. The van der Waals surface area contributed by atoms with Crippen molar-refractivity contribution in [2.75, 3.05) is 6.79 Å². The van der Waals surface area contributed by atoms with Gasteiger partial charge in [-0.25, -0.2) is 9.79 Å². The van der Waals surface area contributed by atoms with Crippen LogP contribution in [0.5, 0.6) is 11.5 Å². The lowest BCUT2D eigenvalue weighted by atomic mass is 10.1.